The molecule has 0 spiro atoms. The molecule has 1 atom stereocenters. The Bertz CT molecular complexity index is 59.4. The third kappa shape index (κ3) is 3.85. The van der Waals surface area contributed by atoms with E-state index in [0.29, 0.717) is 0 Å². The van der Waals surface area contributed by atoms with Crippen molar-refractivity contribution in [3.8, 4) is 0 Å². The van der Waals surface area contributed by atoms with Crippen molar-refractivity contribution in [2.45, 2.75) is 33.1 Å². The van der Waals surface area contributed by atoms with Gasteiger partial charge in [-0.2, -0.15) is 0 Å². The van der Waals surface area contributed by atoms with Crippen molar-refractivity contribution >= 4 is 6.29 Å². The molecule has 0 amide bonds. The third-order valence-corrected chi connectivity index (χ3v) is 1.25. The number of hydrogen-bond donors (Lipinski definition) is 0. The van der Waals surface area contributed by atoms with E-state index in [1.807, 2.05) is 6.92 Å². The molecule has 0 saturated heterocycles. The van der Waals surface area contributed by atoms with Crippen LogP contribution in [-0.4, -0.2) is 6.29 Å². The molecule has 0 bridgehead atoms. The Morgan fingerprint density at radius 2 is 2.25 bits per heavy atom. The average Bonchev–Trinajstić information content (AvgIpc) is 1.83. The van der Waals surface area contributed by atoms with Crippen molar-refractivity contribution in [3.63, 3.8) is 0 Å². The normalized spacial score (nSPS) is 13.2. The second-order valence-electron chi connectivity index (χ2n) is 2.26. The van der Waals surface area contributed by atoms with Gasteiger partial charge in [-0.1, -0.05) is 26.7 Å². The van der Waals surface area contributed by atoms with Crippen LogP contribution in [0.25, 0.3) is 0 Å². The topological polar surface area (TPSA) is 17.1 Å². The second-order valence-corrected chi connectivity index (χ2v) is 2.26. The van der Waals surface area contributed by atoms with Crippen LogP contribution in [0.5, 0.6) is 0 Å². The second kappa shape index (κ2) is 4.82. The molecule has 0 aromatic rings. The molecule has 0 aliphatic rings. The first-order chi connectivity index (χ1) is 3.81. The molecule has 0 aliphatic carbocycles. The van der Waals surface area contributed by atoms with E-state index in [4.69, 9.17) is 0 Å². The predicted octanol–water partition coefficient (Wildman–Crippen LogP) is 2.01. The predicted molar refractivity (Wildman–Crippen MR) is 34.8 cm³/mol. The molecule has 0 rings (SSSR count). The summed E-state index contributed by atoms with van der Waals surface area (Å²) in [4.78, 5) is 10.0. The summed E-state index contributed by atoms with van der Waals surface area (Å²) in [5.74, 6) is 0.273. The number of aldehydes is 1. The Labute approximate surface area is 51.1 Å². The van der Waals surface area contributed by atoms with Crippen LogP contribution in [0.4, 0.5) is 0 Å². The Hall–Kier alpha value is -0.330. The van der Waals surface area contributed by atoms with Crippen molar-refractivity contribution in [2.75, 3.05) is 0 Å². The summed E-state index contributed by atoms with van der Waals surface area (Å²) in [5.41, 5.74) is 0. The molecule has 0 N–H and O–H groups in total. The van der Waals surface area contributed by atoms with Crippen LogP contribution in [0.2, 0.25) is 0 Å². The number of unbranched alkanes of at least 4 members (excludes halogenated alkanes) is 1. The Morgan fingerprint density at radius 3 is 2.62 bits per heavy atom. The Morgan fingerprint density at radius 1 is 1.62 bits per heavy atom. The van der Waals surface area contributed by atoms with Crippen molar-refractivity contribution in [3.05, 3.63) is 0 Å². The first kappa shape index (κ1) is 7.67. The number of carbonyl (C=O) groups is 1. The monoisotopic (exact) mass is 114 g/mol. The molecule has 1 nitrogen and oxygen atoms in total. The molecular formula is C7H14O. The highest BCUT2D eigenvalue weighted by molar-refractivity contribution is 5.52. The fraction of sp³-hybridized carbons (Fsp3) is 0.857. The Kier molecular flexibility index (Phi) is 4.62. The molecule has 8 heavy (non-hydrogen) atoms. The summed E-state index contributed by atoms with van der Waals surface area (Å²) >= 11 is 0. The van der Waals surface area contributed by atoms with Crippen molar-refractivity contribution in [1.82, 2.24) is 0 Å². The summed E-state index contributed by atoms with van der Waals surface area (Å²) in [6, 6.07) is 0. The Balaban J connectivity index is 2.98. The lowest BCUT2D eigenvalue weighted by molar-refractivity contribution is -0.110. The van der Waals surface area contributed by atoms with E-state index in [9.17, 15) is 4.79 Å². The van der Waals surface area contributed by atoms with Gasteiger partial charge in [-0.25, -0.2) is 0 Å². The minimum absolute atomic E-state index is 0.273. The van der Waals surface area contributed by atoms with E-state index in [0.717, 1.165) is 12.7 Å². The SMILES string of the molecule is CCCC[C@@H](C)C=O. The van der Waals surface area contributed by atoms with Gasteiger partial charge in [0.2, 0.25) is 0 Å². The van der Waals surface area contributed by atoms with Crippen LogP contribution in [-0.2, 0) is 4.79 Å². The zero-order valence-corrected chi connectivity index (χ0v) is 5.68. The van der Waals surface area contributed by atoms with E-state index >= 15 is 0 Å². The van der Waals surface area contributed by atoms with Gasteiger partial charge >= 0.3 is 0 Å². The van der Waals surface area contributed by atoms with Crippen LogP contribution < -0.4 is 0 Å². The summed E-state index contributed by atoms with van der Waals surface area (Å²) < 4.78 is 0. The van der Waals surface area contributed by atoms with E-state index in [2.05, 4.69) is 6.92 Å². The molecular weight excluding hydrogens is 100 g/mol. The van der Waals surface area contributed by atoms with Crippen LogP contribution in [0.3, 0.4) is 0 Å². The zero-order chi connectivity index (χ0) is 6.41. The third-order valence-electron chi connectivity index (χ3n) is 1.25. The molecule has 0 unspecified atom stereocenters. The highest BCUT2D eigenvalue weighted by atomic mass is 16.1. The minimum atomic E-state index is 0.273. The number of carbonyl (C=O) groups excluding carboxylic acids is 1. The smallest absolute Gasteiger partial charge is 0.122 e. The van der Waals surface area contributed by atoms with Gasteiger partial charge in [0.15, 0.2) is 0 Å². The standard InChI is InChI=1S/C7H14O/c1-3-4-5-7(2)6-8/h6-7H,3-5H2,1-2H3/t7-/m1/s1. The largest absolute Gasteiger partial charge is 0.303 e. The van der Waals surface area contributed by atoms with Crippen LogP contribution in [0, 0.1) is 5.92 Å². The fourth-order valence-electron chi connectivity index (χ4n) is 0.594. The van der Waals surface area contributed by atoms with Crippen molar-refractivity contribution < 1.29 is 4.79 Å². The van der Waals surface area contributed by atoms with Gasteiger partial charge in [0, 0.05) is 5.92 Å². The molecule has 0 aromatic carbocycles. The quantitative estimate of drug-likeness (QED) is 0.511. The van der Waals surface area contributed by atoms with E-state index < -0.39 is 0 Å². The molecule has 0 radical (unpaired) electrons. The molecule has 0 fully saturated rings. The van der Waals surface area contributed by atoms with Crippen molar-refractivity contribution in [1.29, 1.82) is 0 Å². The molecule has 0 heterocycles. The molecule has 0 saturated carbocycles. The average molecular weight is 114 g/mol. The number of hydrogen-bond acceptors (Lipinski definition) is 1. The van der Waals surface area contributed by atoms with Gasteiger partial charge in [-0.3, -0.25) is 0 Å². The molecule has 0 aliphatic heterocycles. The van der Waals surface area contributed by atoms with E-state index in [-0.39, 0.29) is 5.92 Å². The first-order valence-electron chi connectivity index (χ1n) is 3.26. The molecule has 1 heteroatoms. The van der Waals surface area contributed by atoms with Gasteiger partial charge in [-0.15, -0.1) is 0 Å². The van der Waals surface area contributed by atoms with Gasteiger partial charge in [-0.05, 0) is 6.42 Å². The highest BCUT2D eigenvalue weighted by Crippen LogP contribution is 2.02. The lowest BCUT2D eigenvalue weighted by Crippen LogP contribution is -1.93. The van der Waals surface area contributed by atoms with E-state index in [1.165, 1.54) is 12.8 Å². The lowest BCUT2D eigenvalue weighted by atomic mass is 10.1. The number of rotatable bonds is 4. The van der Waals surface area contributed by atoms with Crippen LogP contribution in [0.15, 0.2) is 0 Å². The van der Waals surface area contributed by atoms with Crippen LogP contribution >= 0.6 is 0 Å². The zero-order valence-electron chi connectivity index (χ0n) is 5.68. The molecule has 48 valence electrons. The van der Waals surface area contributed by atoms with Gasteiger partial charge in [0.25, 0.3) is 0 Å². The maximum atomic E-state index is 10.0. The fourth-order valence-corrected chi connectivity index (χ4v) is 0.594. The van der Waals surface area contributed by atoms with Crippen LogP contribution in [0.1, 0.15) is 33.1 Å². The summed E-state index contributed by atoms with van der Waals surface area (Å²) in [6.07, 6.45) is 4.45. The minimum Gasteiger partial charge on any atom is -0.303 e. The maximum absolute atomic E-state index is 10.0. The highest BCUT2D eigenvalue weighted by Gasteiger charge is 1.95. The summed E-state index contributed by atoms with van der Waals surface area (Å²) in [7, 11) is 0. The maximum Gasteiger partial charge on any atom is 0.122 e. The van der Waals surface area contributed by atoms with Gasteiger partial charge in [0.1, 0.15) is 6.29 Å². The van der Waals surface area contributed by atoms with Crippen molar-refractivity contribution in [2.24, 2.45) is 5.92 Å². The lowest BCUT2D eigenvalue weighted by Gasteiger charge is -1.97. The van der Waals surface area contributed by atoms with Gasteiger partial charge < -0.3 is 4.79 Å². The summed E-state index contributed by atoms with van der Waals surface area (Å²) in [6.45, 7) is 4.10. The van der Waals surface area contributed by atoms with Gasteiger partial charge in [0.05, 0.1) is 0 Å². The first-order valence-corrected chi connectivity index (χ1v) is 3.26. The summed E-state index contributed by atoms with van der Waals surface area (Å²) in [5, 5.41) is 0. The molecule has 0 aromatic heterocycles. The van der Waals surface area contributed by atoms with E-state index in [1.54, 1.807) is 0 Å².